The van der Waals surface area contributed by atoms with Crippen molar-refractivity contribution < 1.29 is 13.2 Å². The van der Waals surface area contributed by atoms with Crippen LogP contribution < -0.4 is 5.32 Å². The molecule has 0 saturated carbocycles. The second-order valence-corrected chi connectivity index (χ2v) is 8.91. The van der Waals surface area contributed by atoms with Gasteiger partial charge in [-0.05, 0) is 19.3 Å². The van der Waals surface area contributed by atoms with Gasteiger partial charge in [0.25, 0.3) is 0 Å². The van der Waals surface area contributed by atoms with E-state index in [0.29, 0.717) is 24.0 Å². The number of aromatic nitrogens is 2. The molecule has 124 valence electrons. The van der Waals surface area contributed by atoms with Gasteiger partial charge in [-0.1, -0.05) is 25.2 Å². The van der Waals surface area contributed by atoms with Crippen LogP contribution in [0.1, 0.15) is 44.0 Å². The Morgan fingerprint density at radius 2 is 2.09 bits per heavy atom. The summed E-state index contributed by atoms with van der Waals surface area (Å²) in [5, 5.41) is 11.8. The number of carbonyl (C=O) groups is 1. The van der Waals surface area contributed by atoms with E-state index in [2.05, 4.69) is 29.4 Å². The molecule has 2 rings (SSSR count). The van der Waals surface area contributed by atoms with Crippen molar-refractivity contribution in [2.75, 3.05) is 24.7 Å². The largest absolute Gasteiger partial charge is 0.323 e. The van der Waals surface area contributed by atoms with Crippen molar-refractivity contribution in [1.29, 1.82) is 0 Å². The first-order valence-corrected chi connectivity index (χ1v) is 10.2. The minimum Gasteiger partial charge on any atom is -0.323 e. The van der Waals surface area contributed by atoms with Crippen LogP contribution in [-0.2, 0) is 9.84 Å². The van der Waals surface area contributed by atoms with Gasteiger partial charge in [-0.2, -0.15) is 0 Å². The molecule has 1 aromatic heterocycles. The van der Waals surface area contributed by atoms with Crippen molar-refractivity contribution >= 4 is 32.3 Å². The number of hydrogen-bond acceptors (Lipinski definition) is 6. The van der Waals surface area contributed by atoms with Crippen LogP contribution in [0.15, 0.2) is 0 Å². The number of nitrogens with one attached hydrogen (secondary N) is 1. The van der Waals surface area contributed by atoms with E-state index in [9.17, 15) is 13.2 Å². The number of nitrogens with zero attached hydrogens (tertiary/aromatic N) is 3. The molecule has 0 aliphatic carbocycles. The van der Waals surface area contributed by atoms with E-state index in [1.54, 1.807) is 0 Å². The second kappa shape index (κ2) is 6.91. The predicted octanol–water partition coefficient (Wildman–Crippen LogP) is 2.09. The summed E-state index contributed by atoms with van der Waals surface area (Å²) in [6.45, 7) is 4.89. The van der Waals surface area contributed by atoms with Crippen LogP contribution in [0.2, 0.25) is 0 Å². The molecule has 1 aliphatic rings. The van der Waals surface area contributed by atoms with Gasteiger partial charge in [0.15, 0.2) is 9.84 Å². The van der Waals surface area contributed by atoms with E-state index in [4.69, 9.17) is 0 Å². The topological polar surface area (TPSA) is 92.3 Å². The van der Waals surface area contributed by atoms with E-state index in [-0.39, 0.29) is 12.6 Å². The number of likely N-dealkylation sites (tertiary alicyclic amines) is 1. The van der Waals surface area contributed by atoms with E-state index in [1.807, 2.05) is 0 Å². The molecule has 1 N–H and O–H groups in total. The number of hydrogen-bond donors (Lipinski definition) is 1. The molecule has 2 amide bonds. The molecule has 1 saturated heterocycles. The molecule has 0 spiro atoms. The molecule has 1 aliphatic heterocycles. The highest BCUT2D eigenvalue weighted by molar-refractivity contribution is 7.91. The third-order valence-electron chi connectivity index (χ3n) is 4.03. The van der Waals surface area contributed by atoms with E-state index >= 15 is 0 Å². The Morgan fingerprint density at radius 3 is 2.64 bits per heavy atom. The average molecular weight is 346 g/mol. The van der Waals surface area contributed by atoms with Gasteiger partial charge >= 0.3 is 6.03 Å². The van der Waals surface area contributed by atoms with Crippen LogP contribution in [0.5, 0.6) is 0 Å². The molecule has 9 heteroatoms. The maximum atomic E-state index is 12.2. The second-order valence-electron chi connectivity index (χ2n) is 5.58. The molecule has 7 nitrogen and oxygen atoms in total. The number of urea groups is 1. The van der Waals surface area contributed by atoms with Crippen molar-refractivity contribution in [3.63, 3.8) is 0 Å². The number of rotatable bonds is 5. The van der Waals surface area contributed by atoms with Crippen molar-refractivity contribution in [2.45, 2.75) is 44.3 Å². The fourth-order valence-corrected chi connectivity index (χ4v) is 4.50. The van der Waals surface area contributed by atoms with Crippen LogP contribution in [0.3, 0.4) is 0 Å². The summed E-state index contributed by atoms with van der Waals surface area (Å²) in [5.74, 6) is 0.365. The molecule has 0 aromatic carbocycles. The Morgan fingerprint density at radius 1 is 1.41 bits per heavy atom. The fourth-order valence-electron chi connectivity index (χ4n) is 2.52. The normalized spacial score (nSPS) is 18.9. The van der Waals surface area contributed by atoms with Crippen molar-refractivity contribution in [3.8, 4) is 0 Å². The zero-order valence-corrected chi connectivity index (χ0v) is 14.7. The quantitative estimate of drug-likeness (QED) is 0.881. The van der Waals surface area contributed by atoms with Gasteiger partial charge in [0.2, 0.25) is 5.13 Å². The summed E-state index contributed by atoms with van der Waals surface area (Å²) in [5.41, 5.74) is 0. The Hall–Kier alpha value is -1.22. The Kier molecular flexibility index (Phi) is 5.38. The van der Waals surface area contributed by atoms with Crippen molar-refractivity contribution in [3.05, 3.63) is 5.01 Å². The van der Waals surface area contributed by atoms with Crippen LogP contribution in [0, 0.1) is 0 Å². The summed E-state index contributed by atoms with van der Waals surface area (Å²) in [6, 6.07) is -0.307. The maximum absolute atomic E-state index is 12.2. The van der Waals surface area contributed by atoms with Crippen LogP contribution in [-0.4, -0.2) is 54.1 Å². The maximum Gasteiger partial charge on any atom is 0.323 e. The zero-order chi connectivity index (χ0) is 16.3. The van der Waals surface area contributed by atoms with Gasteiger partial charge in [0.1, 0.15) is 5.01 Å². The van der Waals surface area contributed by atoms with Gasteiger partial charge in [0, 0.05) is 25.3 Å². The molecule has 0 bridgehead atoms. The summed E-state index contributed by atoms with van der Waals surface area (Å²) in [7, 11) is -3.10. The average Bonchev–Trinajstić information content (AvgIpc) is 3.08. The lowest BCUT2D eigenvalue weighted by Crippen LogP contribution is -2.34. The van der Waals surface area contributed by atoms with Crippen LogP contribution in [0.4, 0.5) is 9.93 Å². The molecule has 22 heavy (non-hydrogen) atoms. The minimum atomic E-state index is -3.10. The minimum absolute atomic E-state index is 0.239. The lowest BCUT2D eigenvalue weighted by atomic mass is 10.1. The smallest absolute Gasteiger partial charge is 0.323 e. The standard InChI is InChI=1S/C13H22N4O3S2/c1-4-9(5-2)11-15-16-12(21-11)14-13(18)17-7-6-10(8-17)22(3,19)20/h9-10H,4-8H2,1-3H3,(H,14,16,18)/t10-/m0/s1. The van der Waals surface area contributed by atoms with Crippen molar-refractivity contribution in [2.24, 2.45) is 0 Å². The van der Waals surface area contributed by atoms with E-state index < -0.39 is 15.1 Å². The first-order chi connectivity index (χ1) is 10.3. The third-order valence-corrected chi connectivity index (χ3v) is 6.62. The zero-order valence-electron chi connectivity index (χ0n) is 13.1. The summed E-state index contributed by atoms with van der Waals surface area (Å²) in [6.07, 6.45) is 3.68. The molecular weight excluding hydrogens is 324 g/mol. The number of anilines is 1. The lowest BCUT2D eigenvalue weighted by molar-refractivity contribution is 0.222. The van der Waals surface area contributed by atoms with Gasteiger partial charge in [-0.15, -0.1) is 10.2 Å². The first kappa shape index (κ1) is 17.1. The highest BCUT2D eigenvalue weighted by Gasteiger charge is 2.32. The lowest BCUT2D eigenvalue weighted by Gasteiger charge is -2.15. The van der Waals surface area contributed by atoms with Crippen molar-refractivity contribution in [1.82, 2.24) is 15.1 Å². The van der Waals surface area contributed by atoms with Gasteiger partial charge in [-0.25, -0.2) is 13.2 Å². The van der Waals surface area contributed by atoms with Gasteiger partial charge in [-0.3, -0.25) is 5.32 Å². The monoisotopic (exact) mass is 346 g/mol. The molecule has 0 unspecified atom stereocenters. The molecule has 0 radical (unpaired) electrons. The fraction of sp³-hybridized carbons (Fsp3) is 0.769. The third kappa shape index (κ3) is 3.95. The van der Waals surface area contributed by atoms with Gasteiger partial charge < -0.3 is 4.90 Å². The first-order valence-electron chi connectivity index (χ1n) is 7.43. The Bertz CT molecular complexity index is 625. The highest BCUT2D eigenvalue weighted by Crippen LogP contribution is 2.28. The molecule has 1 aromatic rings. The number of carbonyl (C=O) groups excluding carboxylic acids is 1. The summed E-state index contributed by atoms with van der Waals surface area (Å²) < 4.78 is 23.1. The highest BCUT2D eigenvalue weighted by atomic mass is 32.2. The summed E-state index contributed by atoms with van der Waals surface area (Å²) in [4.78, 5) is 13.7. The molecule has 2 heterocycles. The van der Waals surface area contributed by atoms with Crippen LogP contribution in [0.25, 0.3) is 0 Å². The summed E-state index contributed by atoms with van der Waals surface area (Å²) >= 11 is 1.38. The Labute approximate surface area is 135 Å². The Balaban J connectivity index is 1.96. The predicted molar refractivity (Wildman–Crippen MR) is 87.1 cm³/mol. The molecule has 1 atom stereocenters. The SMILES string of the molecule is CCC(CC)c1nnc(NC(=O)N2CC[C@H](S(C)(=O)=O)C2)s1. The van der Waals surface area contributed by atoms with Gasteiger partial charge in [0.05, 0.1) is 5.25 Å². The van der Waals surface area contributed by atoms with Crippen LogP contribution >= 0.6 is 11.3 Å². The molecular formula is C13H22N4O3S2. The molecule has 1 fully saturated rings. The van der Waals surface area contributed by atoms with E-state index in [1.165, 1.54) is 22.5 Å². The number of amides is 2. The van der Waals surface area contributed by atoms with E-state index in [0.717, 1.165) is 17.8 Å². The number of sulfone groups is 1.